The standard InChI is InChI=1S/C14H12N4O6/c1-17-13(20)7-6-10(16-17)14(21)24-8-12(19)15-9-4-2-3-5-11(9)18(22)23/h2-7H,8H2,1H3,(H,15,19). The van der Waals surface area contributed by atoms with Crippen molar-refractivity contribution in [2.24, 2.45) is 7.05 Å². The molecule has 10 heteroatoms. The highest BCUT2D eigenvalue weighted by atomic mass is 16.6. The number of nitro benzene ring substituents is 1. The molecule has 1 N–H and O–H groups in total. The first kappa shape index (κ1) is 16.8. The van der Waals surface area contributed by atoms with Crippen molar-refractivity contribution in [3.05, 3.63) is 62.6 Å². The Morgan fingerprint density at radius 2 is 2.00 bits per heavy atom. The molecule has 0 saturated heterocycles. The number of aromatic nitrogens is 2. The summed E-state index contributed by atoms with van der Waals surface area (Å²) >= 11 is 0. The summed E-state index contributed by atoms with van der Waals surface area (Å²) in [7, 11) is 1.36. The van der Waals surface area contributed by atoms with E-state index in [2.05, 4.69) is 10.4 Å². The van der Waals surface area contributed by atoms with Crippen LogP contribution < -0.4 is 10.9 Å². The molecule has 24 heavy (non-hydrogen) atoms. The monoisotopic (exact) mass is 332 g/mol. The number of carbonyl (C=O) groups is 2. The van der Waals surface area contributed by atoms with Gasteiger partial charge in [0.05, 0.1) is 4.92 Å². The lowest BCUT2D eigenvalue weighted by Crippen LogP contribution is -2.24. The third-order valence-electron chi connectivity index (χ3n) is 2.88. The summed E-state index contributed by atoms with van der Waals surface area (Å²) in [6, 6.07) is 7.87. The van der Waals surface area contributed by atoms with Crippen LogP contribution in [0.1, 0.15) is 10.5 Å². The summed E-state index contributed by atoms with van der Waals surface area (Å²) in [5.74, 6) is -1.65. The zero-order chi connectivity index (χ0) is 17.7. The van der Waals surface area contributed by atoms with Gasteiger partial charge in [-0.1, -0.05) is 12.1 Å². The fraction of sp³-hybridized carbons (Fsp3) is 0.143. The largest absolute Gasteiger partial charge is 0.451 e. The molecule has 1 amide bonds. The maximum Gasteiger partial charge on any atom is 0.359 e. The van der Waals surface area contributed by atoms with E-state index in [1.165, 1.54) is 37.4 Å². The lowest BCUT2D eigenvalue weighted by Gasteiger charge is -2.07. The molecule has 0 unspecified atom stereocenters. The van der Waals surface area contributed by atoms with Crippen LogP contribution in [0.2, 0.25) is 0 Å². The SMILES string of the molecule is Cn1nc(C(=O)OCC(=O)Nc2ccccc2[N+](=O)[O-])ccc1=O. The number of nitro groups is 1. The van der Waals surface area contributed by atoms with E-state index in [0.717, 1.165) is 10.7 Å². The first-order valence-electron chi connectivity index (χ1n) is 6.63. The Morgan fingerprint density at radius 1 is 1.29 bits per heavy atom. The van der Waals surface area contributed by atoms with Gasteiger partial charge in [0.15, 0.2) is 12.3 Å². The van der Waals surface area contributed by atoms with Crippen molar-refractivity contribution in [2.45, 2.75) is 0 Å². The van der Waals surface area contributed by atoms with E-state index in [1.807, 2.05) is 0 Å². The molecule has 124 valence electrons. The molecule has 0 spiro atoms. The van der Waals surface area contributed by atoms with Crippen molar-refractivity contribution in [2.75, 3.05) is 11.9 Å². The first-order valence-corrected chi connectivity index (χ1v) is 6.63. The van der Waals surface area contributed by atoms with Crippen LogP contribution in [0.4, 0.5) is 11.4 Å². The molecule has 2 rings (SSSR count). The van der Waals surface area contributed by atoms with E-state index in [1.54, 1.807) is 0 Å². The van der Waals surface area contributed by atoms with Gasteiger partial charge in [0, 0.05) is 19.2 Å². The fourth-order valence-corrected chi connectivity index (χ4v) is 1.74. The Bertz CT molecular complexity index is 860. The van der Waals surface area contributed by atoms with E-state index in [9.17, 15) is 24.5 Å². The first-order chi connectivity index (χ1) is 11.4. The average Bonchev–Trinajstić information content (AvgIpc) is 2.55. The van der Waals surface area contributed by atoms with E-state index in [4.69, 9.17) is 4.74 Å². The molecular weight excluding hydrogens is 320 g/mol. The second-order valence-corrected chi connectivity index (χ2v) is 4.58. The minimum Gasteiger partial charge on any atom is -0.451 e. The van der Waals surface area contributed by atoms with Crippen LogP contribution in [-0.4, -0.2) is 33.2 Å². The van der Waals surface area contributed by atoms with E-state index < -0.39 is 29.0 Å². The van der Waals surface area contributed by atoms with Crippen molar-refractivity contribution in [3.63, 3.8) is 0 Å². The van der Waals surface area contributed by atoms with Crippen LogP contribution in [0, 0.1) is 10.1 Å². The van der Waals surface area contributed by atoms with E-state index in [-0.39, 0.29) is 17.1 Å². The lowest BCUT2D eigenvalue weighted by molar-refractivity contribution is -0.383. The highest BCUT2D eigenvalue weighted by Crippen LogP contribution is 2.22. The Morgan fingerprint density at radius 3 is 2.67 bits per heavy atom. The molecule has 0 aliphatic rings. The molecule has 0 bridgehead atoms. The lowest BCUT2D eigenvalue weighted by atomic mass is 10.2. The van der Waals surface area contributed by atoms with Gasteiger partial charge in [0.2, 0.25) is 0 Å². The van der Waals surface area contributed by atoms with Gasteiger partial charge in [0.1, 0.15) is 5.69 Å². The zero-order valence-corrected chi connectivity index (χ0v) is 12.5. The number of carbonyl (C=O) groups excluding carboxylic acids is 2. The van der Waals surface area contributed by atoms with Gasteiger partial charge in [-0.15, -0.1) is 0 Å². The summed E-state index contributed by atoms with van der Waals surface area (Å²) in [4.78, 5) is 44.9. The van der Waals surface area contributed by atoms with Gasteiger partial charge >= 0.3 is 5.97 Å². The molecule has 2 aromatic rings. The summed E-state index contributed by atoms with van der Waals surface area (Å²) < 4.78 is 5.71. The molecule has 10 nitrogen and oxygen atoms in total. The molecule has 0 fully saturated rings. The molecule has 0 atom stereocenters. The van der Waals surface area contributed by atoms with Gasteiger partial charge in [-0.05, 0) is 12.1 Å². The maximum atomic E-state index is 11.8. The van der Waals surface area contributed by atoms with E-state index in [0.29, 0.717) is 0 Å². The number of nitrogens with zero attached hydrogens (tertiary/aromatic N) is 3. The molecule has 1 aromatic heterocycles. The maximum absolute atomic E-state index is 11.8. The third-order valence-corrected chi connectivity index (χ3v) is 2.88. The fourth-order valence-electron chi connectivity index (χ4n) is 1.74. The van der Waals surface area contributed by atoms with Gasteiger partial charge in [-0.2, -0.15) is 5.10 Å². The normalized spacial score (nSPS) is 10.0. The number of amides is 1. The van der Waals surface area contributed by atoms with E-state index >= 15 is 0 Å². The molecule has 0 saturated carbocycles. The number of anilines is 1. The number of hydrogen-bond acceptors (Lipinski definition) is 7. The van der Waals surface area contributed by atoms with Gasteiger partial charge in [0.25, 0.3) is 17.2 Å². The van der Waals surface area contributed by atoms with Crippen molar-refractivity contribution >= 4 is 23.3 Å². The summed E-state index contributed by atoms with van der Waals surface area (Å²) in [5, 5.41) is 16.8. The van der Waals surface area contributed by atoms with Crippen molar-refractivity contribution in [1.29, 1.82) is 0 Å². The zero-order valence-electron chi connectivity index (χ0n) is 12.5. The van der Waals surface area contributed by atoms with Crippen LogP contribution in [-0.2, 0) is 16.6 Å². The summed E-state index contributed by atoms with van der Waals surface area (Å²) in [6.07, 6.45) is 0. The molecular formula is C14H12N4O6. The van der Waals surface area contributed by atoms with Crippen LogP contribution in [0.25, 0.3) is 0 Å². The number of benzene rings is 1. The van der Waals surface area contributed by atoms with Crippen LogP contribution >= 0.6 is 0 Å². The summed E-state index contributed by atoms with van der Waals surface area (Å²) in [5.41, 5.74) is -0.836. The van der Waals surface area contributed by atoms with Crippen molar-refractivity contribution in [1.82, 2.24) is 9.78 Å². The van der Waals surface area contributed by atoms with Crippen molar-refractivity contribution in [3.8, 4) is 0 Å². The predicted molar refractivity (Wildman–Crippen MR) is 81.5 cm³/mol. The average molecular weight is 332 g/mol. The Balaban J connectivity index is 1.98. The number of rotatable bonds is 5. The Hall–Kier alpha value is -3.56. The topological polar surface area (TPSA) is 133 Å². The van der Waals surface area contributed by atoms with Crippen molar-refractivity contribution < 1.29 is 19.2 Å². The predicted octanol–water partition coefficient (Wildman–Crippen LogP) is 0.484. The minimum atomic E-state index is -0.900. The molecule has 1 heterocycles. The number of para-hydroxylation sites is 2. The van der Waals surface area contributed by atoms with Crippen LogP contribution in [0.5, 0.6) is 0 Å². The van der Waals surface area contributed by atoms with Crippen LogP contribution in [0.3, 0.4) is 0 Å². The Kier molecular flexibility index (Phi) is 5.00. The number of esters is 1. The smallest absolute Gasteiger partial charge is 0.359 e. The molecule has 0 aliphatic heterocycles. The molecule has 1 aromatic carbocycles. The number of nitrogens with one attached hydrogen (secondary N) is 1. The second-order valence-electron chi connectivity index (χ2n) is 4.58. The molecule has 0 aliphatic carbocycles. The summed E-state index contributed by atoms with van der Waals surface area (Å²) in [6.45, 7) is -0.657. The van der Waals surface area contributed by atoms with Gasteiger partial charge < -0.3 is 10.1 Å². The van der Waals surface area contributed by atoms with Crippen LogP contribution in [0.15, 0.2) is 41.2 Å². The van der Waals surface area contributed by atoms with Gasteiger partial charge in [-0.3, -0.25) is 19.7 Å². The quantitative estimate of drug-likeness (QED) is 0.478. The second kappa shape index (κ2) is 7.13. The molecule has 0 radical (unpaired) electrons. The number of ether oxygens (including phenoxy) is 1. The Labute approximate surface area is 134 Å². The minimum absolute atomic E-state index is 0.0104. The van der Waals surface area contributed by atoms with Gasteiger partial charge in [-0.25, -0.2) is 9.48 Å². The highest BCUT2D eigenvalue weighted by Gasteiger charge is 2.17. The highest BCUT2D eigenvalue weighted by molar-refractivity contribution is 5.96. The number of hydrogen-bond donors (Lipinski definition) is 1. The number of aryl methyl sites for hydroxylation is 1. The third kappa shape index (κ3) is 4.00.